The summed E-state index contributed by atoms with van der Waals surface area (Å²) in [6, 6.07) is -0.778. The van der Waals surface area contributed by atoms with E-state index >= 15 is 0 Å². The molecule has 0 heterocycles. The van der Waals surface area contributed by atoms with Crippen molar-refractivity contribution in [2.75, 3.05) is 93.9 Å². The molecule has 2 atom stereocenters. The van der Waals surface area contributed by atoms with E-state index in [2.05, 4.69) is 20.5 Å². The zero-order chi connectivity index (χ0) is 35.6. The van der Waals surface area contributed by atoms with Crippen molar-refractivity contribution in [3.8, 4) is 0 Å². The van der Waals surface area contributed by atoms with Crippen LogP contribution in [0, 0.1) is 0 Å². The van der Waals surface area contributed by atoms with Crippen LogP contribution in [0.1, 0.15) is 83.5 Å². The highest BCUT2D eigenvalue weighted by atomic mass is 31.2. The van der Waals surface area contributed by atoms with Crippen molar-refractivity contribution in [1.29, 1.82) is 0 Å². The van der Waals surface area contributed by atoms with Gasteiger partial charge in [0.2, 0.25) is 5.91 Å². The quantitative estimate of drug-likeness (QED) is 0.0647. The van der Waals surface area contributed by atoms with Crippen molar-refractivity contribution in [2.24, 2.45) is 0 Å². The van der Waals surface area contributed by atoms with Gasteiger partial charge in [-0.1, -0.05) is 51.4 Å². The van der Waals surface area contributed by atoms with E-state index in [1.54, 1.807) is 14.2 Å². The molecule has 0 aromatic rings. The second-order valence-corrected chi connectivity index (χ2v) is 12.4. The number of carbonyl (C=O) groups is 3. The van der Waals surface area contributed by atoms with Gasteiger partial charge in [0.05, 0.1) is 46.2 Å². The van der Waals surface area contributed by atoms with Crippen LogP contribution >= 0.6 is 7.82 Å². The topological polar surface area (TPSA) is 201 Å². The average molecular weight is 715 g/mol. The molecule has 0 aromatic heterocycles. The Bertz CT molecular complexity index is 841. The number of hydrogen-bond donors (Lipinski definition) is 3. The van der Waals surface area contributed by atoms with Crippen molar-refractivity contribution >= 4 is 25.9 Å². The minimum absolute atomic E-state index is 0.0455. The highest BCUT2D eigenvalue weighted by molar-refractivity contribution is 7.45. The van der Waals surface area contributed by atoms with Gasteiger partial charge in [0.15, 0.2) is 0 Å². The molecule has 2 unspecified atom stereocenters. The molecule has 0 aliphatic carbocycles. The van der Waals surface area contributed by atoms with Crippen molar-refractivity contribution in [1.82, 2.24) is 16.0 Å². The fraction of sp³-hybridized carbons (Fsp3) is 0.903. The number of phosphoric acid groups is 1. The Hall–Kier alpha value is -2.04. The summed E-state index contributed by atoms with van der Waals surface area (Å²) in [6.45, 7) is 3.41. The number of methoxy groups -OCH3 is 2. The number of nitrogens with one attached hydrogen (secondary N) is 3. The number of hydrogen-bond acceptors (Lipinski definition) is 13. The average Bonchev–Trinajstić information content (AvgIpc) is 3.07. The predicted octanol–water partition coefficient (Wildman–Crippen LogP) is 3.45. The van der Waals surface area contributed by atoms with Crippen LogP contribution in [0.4, 0.5) is 9.59 Å². The molecule has 0 saturated carbocycles. The second kappa shape index (κ2) is 33.5. The third kappa shape index (κ3) is 31.2. The molecule has 0 saturated heterocycles. The first-order valence-electron chi connectivity index (χ1n) is 17.0. The van der Waals surface area contributed by atoms with Crippen LogP contribution in [0.5, 0.6) is 0 Å². The summed E-state index contributed by atoms with van der Waals surface area (Å²) in [7, 11) is 0.113. The monoisotopic (exact) mass is 714 g/mol. The van der Waals surface area contributed by atoms with Gasteiger partial charge in [-0.2, -0.15) is 0 Å². The smallest absolute Gasteiger partial charge is 0.407 e. The lowest BCUT2D eigenvalue weighted by Crippen LogP contribution is -2.47. The summed E-state index contributed by atoms with van der Waals surface area (Å²) < 4.78 is 50.6. The Balaban J connectivity index is 4.22. The molecule has 0 spiro atoms. The highest BCUT2D eigenvalue weighted by Crippen LogP contribution is 2.36. The summed E-state index contributed by atoms with van der Waals surface area (Å²) in [5.41, 5.74) is 0. The van der Waals surface area contributed by atoms with Gasteiger partial charge in [-0.05, 0) is 32.1 Å². The molecule has 0 fully saturated rings. The van der Waals surface area contributed by atoms with Crippen LogP contribution in [0.2, 0.25) is 0 Å². The minimum Gasteiger partial charge on any atom is -0.756 e. The van der Waals surface area contributed by atoms with Crippen molar-refractivity contribution in [3.05, 3.63) is 0 Å². The molecule has 48 heavy (non-hydrogen) atoms. The van der Waals surface area contributed by atoms with E-state index in [4.69, 9.17) is 32.9 Å². The van der Waals surface area contributed by atoms with E-state index in [0.717, 1.165) is 64.9 Å². The third-order valence-electron chi connectivity index (χ3n) is 6.93. The summed E-state index contributed by atoms with van der Waals surface area (Å²) in [4.78, 5) is 48.2. The lowest BCUT2D eigenvalue weighted by molar-refractivity contribution is -0.223. The van der Waals surface area contributed by atoms with E-state index in [-0.39, 0.29) is 38.9 Å². The molecular weight excluding hydrogens is 653 g/mol. The summed E-state index contributed by atoms with van der Waals surface area (Å²) >= 11 is 0. The Kier molecular flexibility index (Phi) is 32.0. The largest absolute Gasteiger partial charge is 0.756 e. The van der Waals surface area contributed by atoms with Gasteiger partial charge in [-0.3, -0.25) is 9.36 Å². The SMILES string of the molecule is COCCOCCOC(=O)NCCCCC(NC(=O)OCCOCCOC)C(=O)NCCCCCCCCCCCCOP(=O)([O-])OC. The molecule has 0 radical (unpaired) electrons. The maximum Gasteiger partial charge on any atom is 0.407 e. The Morgan fingerprint density at radius 3 is 1.62 bits per heavy atom. The summed E-state index contributed by atoms with van der Waals surface area (Å²) in [6.07, 6.45) is 10.2. The predicted molar refractivity (Wildman–Crippen MR) is 177 cm³/mol. The first kappa shape index (κ1) is 46.0. The normalized spacial score (nSPS) is 13.0. The van der Waals surface area contributed by atoms with E-state index in [9.17, 15) is 23.8 Å². The van der Waals surface area contributed by atoms with E-state index in [0.29, 0.717) is 65.2 Å². The molecule has 3 amide bonds. The molecule has 0 aliphatic rings. The Morgan fingerprint density at radius 1 is 0.583 bits per heavy atom. The van der Waals surface area contributed by atoms with E-state index in [1.165, 1.54) is 0 Å². The molecule has 284 valence electrons. The van der Waals surface area contributed by atoms with Crippen LogP contribution in [0.3, 0.4) is 0 Å². The van der Waals surface area contributed by atoms with Gasteiger partial charge in [-0.25, -0.2) is 9.59 Å². The van der Waals surface area contributed by atoms with Crippen LogP contribution in [-0.4, -0.2) is 118 Å². The van der Waals surface area contributed by atoms with Crippen LogP contribution < -0.4 is 20.8 Å². The Labute approximate surface area is 286 Å². The minimum atomic E-state index is -4.12. The maximum atomic E-state index is 12.9. The molecule has 0 aromatic carbocycles. The number of amides is 3. The molecule has 16 nitrogen and oxygen atoms in total. The summed E-state index contributed by atoms with van der Waals surface area (Å²) in [5, 5.41) is 8.22. The zero-order valence-electron chi connectivity index (χ0n) is 29.3. The molecule has 0 rings (SSSR count). The van der Waals surface area contributed by atoms with E-state index < -0.39 is 26.1 Å². The number of unbranched alkanes of at least 4 members (excludes halogenated alkanes) is 10. The number of rotatable bonds is 34. The van der Waals surface area contributed by atoms with Crippen LogP contribution in [0.25, 0.3) is 0 Å². The molecule has 17 heteroatoms. The fourth-order valence-electron chi connectivity index (χ4n) is 4.25. The number of carbonyl (C=O) groups excluding carboxylic acids is 3. The van der Waals surface area contributed by atoms with Crippen LogP contribution in [0.15, 0.2) is 0 Å². The lowest BCUT2D eigenvalue weighted by atomic mass is 10.1. The van der Waals surface area contributed by atoms with Crippen molar-refractivity contribution in [3.63, 3.8) is 0 Å². The second-order valence-electron chi connectivity index (χ2n) is 10.9. The molecule has 0 aliphatic heterocycles. The van der Waals surface area contributed by atoms with Gasteiger partial charge in [0, 0.05) is 34.4 Å². The first-order chi connectivity index (χ1) is 23.3. The van der Waals surface area contributed by atoms with Gasteiger partial charge < -0.3 is 58.3 Å². The fourth-order valence-corrected chi connectivity index (χ4v) is 4.71. The summed E-state index contributed by atoms with van der Waals surface area (Å²) in [5.74, 6) is -0.283. The standard InChI is InChI=1S/C31H62N3O13P/c1-40-20-22-43-24-26-45-30(36)33-18-14-12-16-28(34-31(37)46-27-25-44-23-21-41-2)29(35)32-17-13-10-8-6-4-5-7-9-11-15-19-47-48(38,39)42-3/h28H,4-27H2,1-3H3,(H,32,35)(H,33,36)(H,34,37)(H,38,39)/p-1. The molecule has 3 N–H and O–H groups in total. The van der Waals surface area contributed by atoms with Gasteiger partial charge in [0.1, 0.15) is 19.3 Å². The van der Waals surface area contributed by atoms with Gasteiger partial charge in [-0.15, -0.1) is 0 Å². The van der Waals surface area contributed by atoms with Gasteiger partial charge in [0.25, 0.3) is 7.82 Å². The number of ether oxygens (including phenoxy) is 6. The maximum absolute atomic E-state index is 12.9. The third-order valence-corrected chi connectivity index (χ3v) is 7.87. The number of phosphoric ester groups is 1. The van der Waals surface area contributed by atoms with Crippen molar-refractivity contribution < 1.29 is 61.3 Å². The van der Waals surface area contributed by atoms with Gasteiger partial charge >= 0.3 is 12.2 Å². The molecular formula is C31H61N3O13P-. The Morgan fingerprint density at radius 2 is 1.06 bits per heavy atom. The molecule has 0 bridgehead atoms. The lowest BCUT2D eigenvalue weighted by Gasteiger charge is -2.19. The van der Waals surface area contributed by atoms with E-state index in [1.807, 2.05) is 0 Å². The number of alkyl carbamates (subject to hydrolysis) is 2. The highest BCUT2D eigenvalue weighted by Gasteiger charge is 2.21. The van der Waals surface area contributed by atoms with Crippen LogP contribution in [-0.2, 0) is 46.8 Å². The van der Waals surface area contributed by atoms with Crippen molar-refractivity contribution in [2.45, 2.75) is 89.5 Å². The zero-order valence-corrected chi connectivity index (χ0v) is 30.2. The first-order valence-corrected chi connectivity index (χ1v) is 18.5.